The molecule has 0 aliphatic carbocycles. The number of likely N-dealkylation sites (tertiary alicyclic amines) is 1. The van der Waals surface area contributed by atoms with E-state index < -0.39 is 0 Å². The fraction of sp³-hybridized carbons (Fsp3) is 0.800. The molecular formula is C20H32N4OS. The standard InChI is InChI=1S/C20H32N4OS/c1-5-21-19(22-9-8-18-23-17(12-26-18)20(2,3)4)24-10-13-14(11-24)16-7-6-15(13)25-16/h12-16H,5-11H2,1-4H3,(H,21,22). The SMILES string of the molecule is CCNC(=NCCc1nc(C(C)(C)C)cs1)N1CC2C3CCC(O3)C2C1. The Balaban J connectivity index is 1.37. The molecule has 144 valence electrons. The van der Waals surface area contributed by atoms with Crippen molar-refractivity contribution in [3.05, 3.63) is 16.1 Å². The van der Waals surface area contributed by atoms with E-state index in [0.29, 0.717) is 24.0 Å². The second-order valence-electron chi connectivity index (χ2n) is 8.89. The lowest BCUT2D eigenvalue weighted by atomic mass is 9.82. The lowest BCUT2D eigenvalue weighted by Gasteiger charge is -2.23. The molecule has 0 saturated carbocycles. The normalized spacial score (nSPS) is 30.9. The van der Waals surface area contributed by atoms with Crippen molar-refractivity contribution in [1.82, 2.24) is 15.2 Å². The van der Waals surface area contributed by atoms with Crippen LogP contribution in [0, 0.1) is 11.8 Å². The number of nitrogens with one attached hydrogen (secondary N) is 1. The predicted molar refractivity (Wildman–Crippen MR) is 107 cm³/mol. The highest BCUT2D eigenvalue weighted by Gasteiger charge is 2.53. The van der Waals surface area contributed by atoms with E-state index >= 15 is 0 Å². The Morgan fingerprint density at radius 1 is 1.31 bits per heavy atom. The summed E-state index contributed by atoms with van der Waals surface area (Å²) in [5, 5.41) is 6.89. The van der Waals surface area contributed by atoms with E-state index in [9.17, 15) is 0 Å². The minimum absolute atomic E-state index is 0.127. The molecule has 4 rings (SSSR count). The van der Waals surface area contributed by atoms with E-state index in [0.717, 1.165) is 38.6 Å². The van der Waals surface area contributed by atoms with Crippen LogP contribution in [0.25, 0.3) is 0 Å². The molecule has 3 aliphatic heterocycles. The summed E-state index contributed by atoms with van der Waals surface area (Å²) < 4.78 is 6.10. The topological polar surface area (TPSA) is 49.8 Å². The predicted octanol–water partition coefficient (Wildman–Crippen LogP) is 3.06. The lowest BCUT2D eigenvalue weighted by molar-refractivity contribution is 0.0767. The first-order valence-electron chi connectivity index (χ1n) is 10.1. The van der Waals surface area contributed by atoms with Crippen molar-refractivity contribution in [3.8, 4) is 0 Å². The van der Waals surface area contributed by atoms with Gasteiger partial charge in [0, 0.05) is 55.2 Å². The maximum absolute atomic E-state index is 6.10. The van der Waals surface area contributed by atoms with Crippen LogP contribution in [0.4, 0.5) is 0 Å². The number of hydrogen-bond donors (Lipinski definition) is 1. The van der Waals surface area contributed by atoms with Gasteiger partial charge in [0.2, 0.25) is 0 Å². The number of ether oxygens (including phenoxy) is 1. The van der Waals surface area contributed by atoms with Crippen LogP contribution in [-0.2, 0) is 16.6 Å². The van der Waals surface area contributed by atoms with E-state index in [4.69, 9.17) is 14.7 Å². The van der Waals surface area contributed by atoms with Gasteiger partial charge >= 0.3 is 0 Å². The molecule has 26 heavy (non-hydrogen) atoms. The van der Waals surface area contributed by atoms with Gasteiger partial charge in [-0.15, -0.1) is 11.3 Å². The first-order chi connectivity index (χ1) is 12.5. The summed E-state index contributed by atoms with van der Waals surface area (Å²) >= 11 is 1.77. The van der Waals surface area contributed by atoms with Crippen molar-refractivity contribution < 1.29 is 4.74 Å². The maximum atomic E-state index is 6.10. The Hall–Kier alpha value is -1.14. The fourth-order valence-corrected chi connectivity index (χ4v) is 5.60. The summed E-state index contributed by atoms with van der Waals surface area (Å²) in [7, 11) is 0. The first-order valence-corrected chi connectivity index (χ1v) is 11.0. The highest BCUT2D eigenvalue weighted by molar-refractivity contribution is 7.09. The van der Waals surface area contributed by atoms with Crippen molar-refractivity contribution >= 4 is 17.3 Å². The van der Waals surface area contributed by atoms with Crippen molar-refractivity contribution in [2.24, 2.45) is 16.8 Å². The van der Waals surface area contributed by atoms with E-state index in [1.807, 2.05) is 0 Å². The number of rotatable bonds is 4. The molecule has 3 aliphatic rings. The van der Waals surface area contributed by atoms with Crippen LogP contribution < -0.4 is 5.32 Å². The van der Waals surface area contributed by atoms with Crippen molar-refractivity contribution in [3.63, 3.8) is 0 Å². The third kappa shape index (κ3) is 3.50. The molecule has 4 unspecified atom stereocenters. The van der Waals surface area contributed by atoms with Crippen LogP contribution in [0.1, 0.15) is 51.2 Å². The van der Waals surface area contributed by atoms with Crippen LogP contribution in [-0.4, -0.2) is 54.2 Å². The van der Waals surface area contributed by atoms with Gasteiger partial charge in [-0.3, -0.25) is 4.99 Å². The number of thiazole rings is 1. The number of guanidine groups is 1. The third-order valence-electron chi connectivity index (χ3n) is 5.99. The lowest BCUT2D eigenvalue weighted by Crippen LogP contribution is -2.41. The van der Waals surface area contributed by atoms with Crippen molar-refractivity contribution in [2.75, 3.05) is 26.2 Å². The summed E-state index contributed by atoms with van der Waals surface area (Å²) in [4.78, 5) is 12.2. The number of aliphatic imine (C=N–C) groups is 1. The minimum Gasteiger partial charge on any atom is -0.374 e. The highest BCUT2D eigenvalue weighted by Crippen LogP contribution is 2.47. The van der Waals surface area contributed by atoms with E-state index in [1.54, 1.807) is 11.3 Å². The Morgan fingerprint density at radius 2 is 2.00 bits per heavy atom. The van der Waals surface area contributed by atoms with E-state index in [1.165, 1.54) is 23.5 Å². The average molecular weight is 377 g/mol. The van der Waals surface area contributed by atoms with Gasteiger partial charge in [0.1, 0.15) is 0 Å². The first kappa shape index (κ1) is 18.2. The molecular weight excluding hydrogens is 344 g/mol. The molecule has 6 heteroatoms. The zero-order chi connectivity index (χ0) is 18.3. The Labute approximate surface area is 161 Å². The summed E-state index contributed by atoms with van der Waals surface area (Å²) in [5.74, 6) is 2.51. The molecule has 5 nitrogen and oxygen atoms in total. The molecule has 0 aromatic carbocycles. The van der Waals surface area contributed by atoms with Crippen molar-refractivity contribution in [2.45, 2.75) is 64.6 Å². The fourth-order valence-electron chi connectivity index (χ4n) is 4.59. The molecule has 1 N–H and O–H groups in total. The summed E-state index contributed by atoms with van der Waals surface area (Å²) in [6, 6.07) is 0. The van der Waals surface area contributed by atoms with Crippen LogP contribution in [0.15, 0.2) is 10.4 Å². The summed E-state index contributed by atoms with van der Waals surface area (Å²) in [6.07, 6.45) is 4.44. The molecule has 1 aromatic heterocycles. The Morgan fingerprint density at radius 3 is 2.58 bits per heavy atom. The largest absolute Gasteiger partial charge is 0.374 e. The number of hydrogen-bond acceptors (Lipinski definition) is 4. The van der Waals surface area contributed by atoms with Crippen LogP contribution in [0.3, 0.4) is 0 Å². The molecule has 3 fully saturated rings. The van der Waals surface area contributed by atoms with Gasteiger partial charge in [-0.05, 0) is 19.8 Å². The monoisotopic (exact) mass is 376 g/mol. The second kappa shape index (κ2) is 7.12. The third-order valence-corrected chi connectivity index (χ3v) is 6.90. The molecule has 0 spiro atoms. The average Bonchev–Trinajstić information content (AvgIpc) is 3.33. The zero-order valence-electron chi connectivity index (χ0n) is 16.5. The number of fused-ring (bicyclic) bond motifs is 5. The van der Waals surface area contributed by atoms with Crippen molar-refractivity contribution in [1.29, 1.82) is 0 Å². The smallest absolute Gasteiger partial charge is 0.193 e. The van der Waals surface area contributed by atoms with Crippen LogP contribution >= 0.6 is 11.3 Å². The highest BCUT2D eigenvalue weighted by atomic mass is 32.1. The van der Waals surface area contributed by atoms with Gasteiger partial charge in [0.05, 0.1) is 22.9 Å². The van der Waals surface area contributed by atoms with E-state index in [-0.39, 0.29) is 5.41 Å². The molecule has 0 radical (unpaired) electrons. The number of aromatic nitrogens is 1. The molecule has 4 atom stereocenters. The maximum Gasteiger partial charge on any atom is 0.193 e. The number of nitrogens with zero attached hydrogens (tertiary/aromatic N) is 3. The molecule has 2 bridgehead atoms. The molecule has 0 amide bonds. The van der Waals surface area contributed by atoms with Gasteiger partial charge in [-0.1, -0.05) is 20.8 Å². The van der Waals surface area contributed by atoms with Gasteiger partial charge in [0.15, 0.2) is 5.96 Å². The zero-order valence-corrected chi connectivity index (χ0v) is 17.3. The Bertz CT molecular complexity index is 647. The summed E-state index contributed by atoms with van der Waals surface area (Å²) in [5.41, 5.74) is 1.32. The van der Waals surface area contributed by atoms with Gasteiger partial charge in [-0.25, -0.2) is 4.98 Å². The van der Waals surface area contributed by atoms with E-state index in [2.05, 4.69) is 43.3 Å². The summed E-state index contributed by atoms with van der Waals surface area (Å²) in [6.45, 7) is 12.7. The second-order valence-corrected chi connectivity index (χ2v) is 9.83. The molecule has 3 saturated heterocycles. The van der Waals surface area contributed by atoms with Gasteiger partial charge < -0.3 is 15.0 Å². The van der Waals surface area contributed by atoms with Gasteiger partial charge in [0.25, 0.3) is 0 Å². The molecule has 4 heterocycles. The minimum atomic E-state index is 0.127. The molecule has 1 aromatic rings. The Kier molecular flexibility index (Phi) is 4.99. The van der Waals surface area contributed by atoms with Crippen LogP contribution in [0.5, 0.6) is 0 Å². The quantitative estimate of drug-likeness (QED) is 0.648. The van der Waals surface area contributed by atoms with Crippen LogP contribution in [0.2, 0.25) is 0 Å². The van der Waals surface area contributed by atoms with Gasteiger partial charge in [-0.2, -0.15) is 0 Å².